The summed E-state index contributed by atoms with van der Waals surface area (Å²) in [7, 11) is 3.21. The Morgan fingerprint density at radius 2 is 1.87 bits per heavy atom. The van der Waals surface area contributed by atoms with Gasteiger partial charge < -0.3 is 24.6 Å². The summed E-state index contributed by atoms with van der Waals surface area (Å²) in [5.74, 6) is 2.02. The molecule has 23 heavy (non-hydrogen) atoms. The van der Waals surface area contributed by atoms with Crippen molar-refractivity contribution in [3.8, 4) is 11.5 Å². The quantitative estimate of drug-likeness (QED) is 0.778. The maximum atomic E-state index is 9.82. The molecule has 0 aliphatic heterocycles. The number of aliphatic hydroxyl groups excluding tert-OH is 1. The fourth-order valence-corrected chi connectivity index (χ4v) is 2.35. The number of benzene rings is 1. The molecule has 0 fully saturated rings. The first-order valence-corrected chi connectivity index (χ1v) is 7.62. The molecule has 1 atom stereocenters. The highest BCUT2D eigenvalue weighted by Crippen LogP contribution is 2.33. The monoisotopic (exact) mass is 320 g/mol. The molecule has 6 nitrogen and oxygen atoms in total. The number of ether oxygens (including phenoxy) is 3. The molecule has 0 radical (unpaired) electrons. The number of hydrogen-bond acceptors (Lipinski definition) is 6. The Kier molecular flexibility index (Phi) is 6.01. The maximum absolute atomic E-state index is 9.82. The van der Waals surface area contributed by atoms with Gasteiger partial charge in [-0.05, 0) is 31.5 Å². The number of pyridine rings is 1. The van der Waals surface area contributed by atoms with E-state index in [-0.39, 0.29) is 0 Å². The molecule has 1 heterocycles. The number of aliphatic hydroxyl groups is 1. The van der Waals surface area contributed by atoms with Crippen molar-refractivity contribution < 1.29 is 19.3 Å². The van der Waals surface area contributed by atoms with Gasteiger partial charge >= 0.3 is 0 Å². The third-order valence-corrected chi connectivity index (χ3v) is 3.55. The van der Waals surface area contributed by atoms with E-state index in [4.69, 9.17) is 14.2 Å². The van der Waals surface area contributed by atoms with E-state index in [0.29, 0.717) is 37.1 Å². The first-order chi connectivity index (χ1) is 11.1. The van der Waals surface area contributed by atoms with Crippen molar-refractivity contribution in [2.24, 2.45) is 0 Å². The summed E-state index contributed by atoms with van der Waals surface area (Å²) < 4.78 is 15.8. The highest BCUT2D eigenvalue weighted by Gasteiger charge is 2.11. The first kappa shape index (κ1) is 17.3. The van der Waals surface area contributed by atoms with Crippen LogP contribution < -0.4 is 14.8 Å². The molecule has 0 saturated heterocycles. The molecule has 126 valence electrons. The smallest absolute Gasteiger partial charge is 0.162 e. The number of hydrogen-bond donors (Lipinski definition) is 2. The Bertz CT molecular complexity index is 661. The lowest BCUT2D eigenvalue weighted by Crippen LogP contribution is -2.25. The summed E-state index contributed by atoms with van der Waals surface area (Å²) in [6.07, 6.45) is -0.571. The molecule has 1 aromatic heterocycles. The molecule has 0 spiro atoms. The van der Waals surface area contributed by atoms with Crippen LogP contribution in [0.4, 0.5) is 5.82 Å². The number of fused-ring (bicyclic) bond motifs is 1. The number of rotatable bonds is 8. The molecule has 2 N–H and O–H groups in total. The predicted octanol–water partition coefficient (Wildman–Crippen LogP) is 2.37. The van der Waals surface area contributed by atoms with Gasteiger partial charge in [-0.15, -0.1) is 0 Å². The van der Waals surface area contributed by atoms with Crippen molar-refractivity contribution in [1.82, 2.24) is 4.98 Å². The van der Waals surface area contributed by atoms with Crippen LogP contribution in [0, 0.1) is 6.92 Å². The summed E-state index contributed by atoms with van der Waals surface area (Å²) >= 11 is 0. The average Bonchev–Trinajstić information content (AvgIpc) is 2.56. The molecular weight excluding hydrogens is 296 g/mol. The summed E-state index contributed by atoms with van der Waals surface area (Å²) in [5.41, 5.74) is 1.88. The number of nitrogens with zero attached hydrogens (tertiary/aromatic N) is 1. The molecule has 0 aliphatic rings. The van der Waals surface area contributed by atoms with E-state index in [9.17, 15) is 5.11 Å². The highest BCUT2D eigenvalue weighted by molar-refractivity contribution is 5.87. The summed E-state index contributed by atoms with van der Waals surface area (Å²) in [4.78, 5) is 4.57. The van der Waals surface area contributed by atoms with E-state index in [0.717, 1.165) is 16.5 Å². The number of anilines is 1. The van der Waals surface area contributed by atoms with Crippen molar-refractivity contribution in [2.45, 2.75) is 20.0 Å². The minimum atomic E-state index is -0.571. The van der Waals surface area contributed by atoms with Crippen molar-refractivity contribution in [2.75, 3.05) is 39.3 Å². The van der Waals surface area contributed by atoms with Gasteiger partial charge in [0.05, 0.1) is 32.4 Å². The van der Waals surface area contributed by atoms with E-state index in [1.807, 2.05) is 32.0 Å². The van der Waals surface area contributed by atoms with Crippen LogP contribution in [0.3, 0.4) is 0 Å². The zero-order valence-electron chi connectivity index (χ0n) is 14.0. The van der Waals surface area contributed by atoms with Gasteiger partial charge in [0.25, 0.3) is 0 Å². The van der Waals surface area contributed by atoms with Gasteiger partial charge in [0, 0.05) is 24.6 Å². The molecule has 0 saturated carbocycles. The fraction of sp³-hybridized carbons (Fsp3) is 0.471. The second-order valence-electron chi connectivity index (χ2n) is 5.24. The number of methoxy groups -OCH3 is 2. The standard InChI is InChI=1S/C17H24N2O4/c1-5-23-10-12(20)9-18-17-6-11(2)13-7-15(21-3)16(22-4)8-14(13)19-17/h6-8,12,20H,5,9-10H2,1-4H3,(H,18,19)/t12-/m0/s1. The zero-order valence-corrected chi connectivity index (χ0v) is 14.0. The van der Waals surface area contributed by atoms with Crippen molar-refractivity contribution in [3.63, 3.8) is 0 Å². The molecule has 0 amide bonds. The van der Waals surface area contributed by atoms with Crippen LogP contribution in [-0.2, 0) is 4.74 Å². The second-order valence-corrected chi connectivity index (χ2v) is 5.24. The largest absolute Gasteiger partial charge is 0.493 e. The van der Waals surface area contributed by atoms with Crippen LogP contribution in [0.15, 0.2) is 18.2 Å². The molecule has 6 heteroatoms. The molecule has 2 rings (SSSR count). The van der Waals surface area contributed by atoms with Crippen LogP contribution in [0.5, 0.6) is 11.5 Å². The maximum Gasteiger partial charge on any atom is 0.162 e. The Labute approximate surface area is 136 Å². The molecule has 0 aliphatic carbocycles. The van der Waals surface area contributed by atoms with Crippen molar-refractivity contribution in [1.29, 1.82) is 0 Å². The molecule has 2 aromatic rings. The van der Waals surface area contributed by atoms with E-state index in [2.05, 4.69) is 10.3 Å². The number of aryl methyl sites for hydroxylation is 1. The average molecular weight is 320 g/mol. The lowest BCUT2D eigenvalue weighted by Gasteiger charge is -2.14. The molecule has 1 aromatic carbocycles. The third-order valence-electron chi connectivity index (χ3n) is 3.55. The number of aromatic nitrogens is 1. The normalized spacial score (nSPS) is 12.2. The number of nitrogens with one attached hydrogen (secondary N) is 1. The van der Waals surface area contributed by atoms with Gasteiger partial charge in [-0.3, -0.25) is 0 Å². The van der Waals surface area contributed by atoms with Crippen LogP contribution in [0.1, 0.15) is 12.5 Å². The van der Waals surface area contributed by atoms with E-state index in [1.165, 1.54) is 0 Å². The van der Waals surface area contributed by atoms with Gasteiger partial charge in [-0.25, -0.2) is 4.98 Å². The van der Waals surface area contributed by atoms with E-state index < -0.39 is 6.10 Å². The van der Waals surface area contributed by atoms with Gasteiger partial charge in [-0.2, -0.15) is 0 Å². The SMILES string of the molecule is CCOC[C@@H](O)CNc1cc(C)c2cc(OC)c(OC)cc2n1. The van der Waals surface area contributed by atoms with Crippen LogP contribution >= 0.6 is 0 Å². The first-order valence-electron chi connectivity index (χ1n) is 7.62. The lowest BCUT2D eigenvalue weighted by atomic mass is 10.1. The molecular formula is C17H24N2O4. The fourth-order valence-electron chi connectivity index (χ4n) is 2.35. The Hall–Kier alpha value is -2.05. The zero-order chi connectivity index (χ0) is 16.8. The third kappa shape index (κ3) is 4.24. The second kappa shape index (κ2) is 7.99. The Morgan fingerprint density at radius 1 is 1.17 bits per heavy atom. The topological polar surface area (TPSA) is 72.8 Å². The predicted molar refractivity (Wildman–Crippen MR) is 90.6 cm³/mol. The van der Waals surface area contributed by atoms with Crippen LogP contribution in [0.25, 0.3) is 10.9 Å². The van der Waals surface area contributed by atoms with E-state index >= 15 is 0 Å². The highest BCUT2D eigenvalue weighted by atomic mass is 16.5. The Balaban J connectivity index is 2.22. The van der Waals surface area contributed by atoms with Crippen molar-refractivity contribution >= 4 is 16.7 Å². The summed E-state index contributed by atoms with van der Waals surface area (Å²) in [5, 5.41) is 14.0. The van der Waals surface area contributed by atoms with Gasteiger partial charge in [0.2, 0.25) is 0 Å². The van der Waals surface area contributed by atoms with Crippen molar-refractivity contribution in [3.05, 3.63) is 23.8 Å². The van der Waals surface area contributed by atoms with Crippen LogP contribution in [0.2, 0.25) is 0 Å². The van der Waals surface area contributed by atoms with E-state index in [1.54, 1.807) is 14.2 Å². The minimum absolute atomic E-state index is 0.307. The molecule has 0 unspecified atom stereocenters. The summed E-state index contributed by atoms with van der Waals surface area (Å²) in [6, 6.07) is 5.72. The van der Waals surface area contributed by atoms with Gasteiger partial charge in [-0.1, -0.05) is 0 Å². The van der Waals surface area contributed by atoms with Gasteiger partial charge in [0.15, 0.2) is 11.5 Å². The van der Waals surface area contributed by atoms with Crippen LogP contribution in [-0.4, -0.2) is 50.2 Å². The Morgan fingerprint density at radius 3 is 2.52 bits per heavy atom. The molecule has 0 bridgehead atoms. The van der Waals surface area contributed by atoms with Gasteiger partial charge in [0.1, 0.15) is 5.82 Å². The minimum Gasteiger partial charge on any atom is -0.493 e. The summed E-state index contributed by atoms with van der Waals surface area (Å²) in [6.45, 7) is 5.19. The lowest BCUT2D eigenvalue weighted by molar-refractivity contribution is 0.0495.